The third kappa shape index (κ3) is 2.12. The molecule has 5 nitrogen and oxygen atoms in total. The van der Waals surface area contributed by atoms with Gasteiger partial charge in [0.1, 0.15) is 11.5 Å². The van der Waals surface area contributed by atoms with Crippen molar-refractivity contribution in [3.8, 4) is 16.4 Å². The van der Waals surface area contributed by atoms with E-state index in [0.29, 0.717) is 22.7 Å². The Labute approximate surface area is 117 Å². The van der Waals surface area contributed by atoms with Crippen molar-refractivity contribution in [2.75, 3.05) is 0 Å². The van der Waals surface area contributed by atoms with Crippen LogP contribution in [0.4, 0.5) is 4.39 Å². The number of nitrogens with zero attached hydrogens (tertiary/aromatic N) is 4. The van der Waals surface area contributed by atoms with Gasteiger partial charge < -0.3 is 0 Å². The van der Waals surface area contributed by atoms with Crippen LogP contribution < -0.4 is 0 Å². The summed E-state index contributed by atoms with van der Waals surface area (Å²) in [6.07, 6.45) is 0.628. The third-order valence-electron chi connectivity index (χ3n) is 2.71. The summed E-state index contributed by atoms with van der Waals surface area (Å²) in [5, 5.41) is 10.3. The zero-order valence-electron chi connectivity index (χ0n) is 10.4. The van der Waals surface area contributed by atoms with Gasteiger partial charge in [-0.25, -0.2) is 9.37 Å². The highest BCUT2D eigenvalue weighted by atomic mass is 32.1. The van der Waals surface area contributed by atoms with Gasteiger partial charge in [-0.15, -0.1) is 16.4 Å². The molecule has 0 spiro atoms. The van der Waals surface area contributed by atoms with Crippen LogP contribution in [0.1, 0.15) is 16.2 Å². The van der Waals surface area contributed by atoms with Crippen LogP contribution in [0.3, 0.4) is 0 Å². The van der Waals surface area contributed by atoms with Gasteiger partial charge in [-0.2, -0.15) is 4.68 Å². The SMILES string of the molecule is Cc1csc(-n2nnc(C=O)c2-c2ccc(F)cc2)n1. The highest BCUT2D eigenvalue weighted by molar-refractivity contribution is 7.12. The fraction of sp³-hybridized carbons (Fsp3) is 0.0769. The van der Waals surface area contributed by atoms with Crippen LogP contribution in [0.25, 0.3) is 16.4 Å². The van der Waals surface area contributed by atoms with Gasteiger partial charge in [-0.1, -0.05) is 5.21 Å². The normalized spacial score (nSPS) is 10.7. The van der Waals surface area contributed by atoms with Crippen LogP contribution in [0.2, 0.25) is 0 Å². The molecule has 0 atom stereocenters. The van der Waals surface area contributed by atoms with Gasteiger partial charge in [0.25, 0.3) is 0 Å². The molecule has 3 aromatic rings. The number of aryl methyl sites for hydroxylation is 1. The van der Waals surface area contributed by atoms with E-state index in [1.807, 2.05) is 12.3 Å². The lowest BCUT2D eigenvalue weighted by Crippen LogP contribution is -1.99. The lowest BCUT2D eigenvalue weighted by atomic mass is 10.1. The van der Waals surface area contributed by atoms with E-state index in [2.05, 4.69) is 15.3 Å². The number of carbonyl (C=O) groups excluding carboxylic acids is 1. The molecule has 3 rings (SSSR count). The molecular formula is C13H9FN4OS. The molecule has 0 bridgehead atoms. The molecular weight excluding hydrogens is 279 g/mol. The molecule has 2 heterocycles. The highest BCUT2D eigenvalue weighted by Crippen LogP contribution is 2.26. The van der Waals surface area contributed by atoms with Crippen molar-refractivity contribution in [1.29, 1.82) is 0 Å². The van der Waals surface area contributed by atoms with Gasteiger partial charge in [0.05, 0.1) is 5.69 Å². The first-order valence-corrected chi connectivity index (χ1v) is 6.66. The van der Waals surface area contributed by atoms with Crippen LogP contribution in [0, 0.1) is 12.7 Å². The monoisotopic (exact) mass is 288 g/mol. The predicted octanol–water partition coefficient (Wildman–Crippen LogP) is 2.65. The van der Waals surface area contributed by atoms with Gasteiger partial charge in [-0.05, 0) is 31.2 Å². The Hall–Kier alpha value is -2.41. The van der Waals surface area contributed by atoms with Crippen molar-refractivity contribution in [3.05, 3.63) is 46.9 Å². The van der Waals surface area contributed by atoms with Crippen LogP contribution >= 0.6 is 11.3 Å². The fourth-order valence-corrected chi connectivity index (χ4v) is 2.58. The van der Waals surface area contributed by atoms with Gasteiger partial charge >= 0.3 is 0 Å². The fourth-order valence-electron chi connectivity index (χ4n) is 1.82. The predicted molar refractivity (Wildman–Crippen MR) is 72.5 cm³/mol. The first kappa shape index (κ1) is 12.6. The number of rotatable bonds is 3. The van der Waals surface area contributed by atoms with E-state index < -0.39 is 0 Å². The number of halogens is 1. The molecule has 0 saturated heterocycles. The van der Waals surface area contributed by atoms with E-state index in [1.54, 1.807) is 12.1 Å². The number of hydrogen-bond donors (Lipinski definition) is 0. The number of carbonyl (C=O) groups is 1. The maximum Gasteiger partial charge on any atom is 0.212 e. The van der Waals surface area contributed by atoms with E-state index in [1.165, 1.54) is 28.2 Å². The van der Waals surface area contributed by atoms with E-state index in [9.17, 15) is 9.18 Å². The minimum atomic E-state index is -0.342. The summed E-state index contributed by atoms with van der Waals surface area (Å²) >= 11 is 1.40. The van der Waals surface area contributed by atoms with Crippen LogP contribution in [-0.2, 0) is 0 Å². The first-order chi connectivity index (χ1) is 9.69. The molecule has 0 radical (unpaired) electrons. The zero-order chi connectivity index (χ0) is 14.1. The van der Waals surface area contributed by atoms with Crippen molar-refractivity contribution in [2.24, 2.45) is 0 Å². The molecule has 0 unspecified atom stereocenters. The summed E-state index contributed by atoms with van der Waals surface area (Å²) in [6.45, 7) is 1.87. The second-order valence-electron chi connectivity index (χ2n) is 4.13. The molecule has 20 heavy (non-hydrogen) atoms. The summed E-state index contributed by atoms with van der Waals surface area (Å²) in [6, 6.07) is 5.82. The second-order valence-corrected chi connectivity index (χ2v) is 4.97. The number of thiazole rings is 1. The van der Waals surface area contributed by atoms with Crippen LogP contribution in [0.15, 0.2) is 29.6 Å². The second kappa shape index (κ2) is 4.93. The van der Waals surface area contributed by atoms with Crippen molar-refractivity contribution in [2.45, 2.75) is 6.92 Å². The molecule has 2 aromatic heterocycles. The Morgan fingerprint density at radius 2 is 2.05 bits per heavy atom. The molecule has 0 fully saturated rings. The van der Waals surface area contributed by atoms with E-state index in [-0.39, 0.29) is 11.5 Å². The van der Waals surface area contributed by atoms with Gasteiger partial charge in [0, 0.05) is 10.9 Å². The molecule has 1 aromatic carbocycles. The van der Waals surface area contributed by atoms with Crippen molar-refractivity contribution < 1.29 is 9.18 Å². The molecule has 7 heteroatoms. The maximum absolute atomic E-state index is 13.0. The summed E-state index contributed by atoms with van der Waals surface area (Å²) in [7, 11) is 0. The van der Waals surface area contributed by atoms with E-state index in [4.69, 9.17) is 0 Å². The van der Waals surface area contributed by atoms with Crippen LogP contribution in [0.5, 0.6) is 0 Å². The Morgan fingerprint density at radius 1 is 1.30 bits per heavy atom. The van der Waals surface area contributed by atoms with Crippen molar-refractivity contribution in [1.82, 2.24) is 20.0 Å². The average Bonchev–Trinajstić information content (AvgIpc) is 3.05. The Balaban J connectivity index is 2.20. The third-order valence-corrected chi connectivity index (χ3v) is 3.65. The Kier molecular flexibility index (Phi) is 3.11. The lowest BCUT2D eigenvalue weighted by Gasteiger charge is -2.03. The van der Waals surface area contributed by atoms with Crippen molar-refractivity contribution in [3.63, 3.8) is 0 Å². The number of aldehydes is 1. The Morgan fingerprint density at radius 3 is 2.65 bits per heavy atom. The van der Waals surface area contributed by atoms with Gasteiger partial charge in [0.2, 0.25) is 5.13 Å². The minimum Gasteiger partial charge on any atom is -0.296 e. The summed E-state index contributed by atoms with van der Waals surface area (Å²) in [5.74, 6) is -0.342. The summed E-state index contributed by atoms with van der Waals surface area (Å²) < 4.78 is 14.5. The van der Waals surface area contributed by atoms with Gasteiger partial charge in [-0.3, -0.25) is 4.79 Å². The first-order valence-electron chi connectivity index (χ1n) is 5.78. The lowest BCUT2D eigenvalue weighted by molar-refractivity contribution is 0.111. The van der Waals surface area contributed by atoms with Crippen molar-refractivity contribution >= 4 is 17.6 Å². The number of hydrogen-bond acceptors (Lipinski definition) is 5. The molecule has 0 amide bonds. The van der Waals surface area contributed by atoms with E-state index in [0.717, 1.165) is 5.69 Å². The standard InChI is InChI=1S/C13H9FN4OS/c1-8-7-20-13(15-8)18-12(11(6-19)16-17-18)9-2-4-10(14)5-3-9/h2-7H,1H3. The molecule has 0 N–H and O–H groups in total. The van der Waals surface area contributed by atoms with Crippen LogP contribution in [-0.4, -0.2) is 26.3 Å². The largest absolute Gasteiger partial charge is 0.296 e. The van der Waals surface area contributed by atoms with Gasteiger partial charge in [0.15, 0.2) is 12.0 Å². The quantitative estimate of drug-likeness (QED) is 0.695. The summed E-state index contributed by atoms with van der Waals surface area (Å²) in [4.78, 5) is 15.4. The molecule has 0 aliphatic carbocycles. The number of benzene rings is 1. The topological polar surface area (TPSA) is 60.7 Å². The molecule has 0 aliphatic heterocycles. The number of aromatic nitrogens is 4. The molecule has 100 valence electrons. The summed E-state index contributed by atoms with van der Waals surface area (Å²) in [5.41, 5.74) is 2.23. The van der Waals surface area contributed by atoms with E-state index >= 15 is 0 Å². The maximum atomic E-state index is 13.0. The zero-order valence-corrected chi connectivity index (χ0v) is 11.3. The smallest absolute Gasteiger partial charge is 0.212 e. The molecule has 0 saturated carbocycles. The minimum absolute atomic E-state index is 0.199. The average molecular weight is 288 g/mol. The Bertz CT molecular complexity index is 763. The molecule has 0 aliphatic rings. The highest BCUT2D eigenvalue weighted by Gasteiger charge is 2.17.